The first-order valence-electron chi connectivity index (χ1n) is 6.74. The van der Waals surface area contributed by atoms with E-state index in [0.29, 0.717) is 13.2 Å². The summed E-state index contributed by atoms with van der Waals surface area (Å²) in [5.74, 6) is 0. The van der Waals surface area contributed by atoms with Crippen LogP contribution in [0.4, 0.5) is 0 Å². The third-order valence-electron chi connectivity index (χ3n) is 3.39. The van der Waals surface area contributed by atoms with Gasteiger partial charge in [-0.05, 0) is 29.8 Å². The van der Waals surface area contributed by atoms with Crippen molar-refractivity contribution in [3.05, 3.63) is 42.5 Å². The van der Waals surface area contributed by atoms with E-state index in [2.05, 4.69) is 22.2 Å². The van der Waals surface area contributed by atoms with Crippen LogP contribution < -0.4 is 4.84 Å². The fourth-order valence-corrected chi connectivity index (χ4v) is 2.15. The van der Waals surface area contributed by atoms with E-state index in [1.54, 1.807) is 19.6 Å². The molecule has 0 fully saturated rings. The van der Waals surface area contributed by atoms with Gasteiger partial charge in [0.15, 0.2) is 0 Å². The van der Waals surface area contributed by atoms with Crippen LogP contribution in [0.3, 0.4) is 0 Å². The molecule has 21 heavy (non-hydrogen) atoms. The second-order valence-electron chi connectivity index (χ2n) is 4.72. The molecule has 1 aromatic carbocycles. The quantitative estimate of drug-likeness (QED) is 0.639. The van der Waals surface area contributed by atoms with Gasteiger partial charge in [-0.1, -0.05) is 10.9 Å². The van der Waals surface area contributed by atoms with Crippen molar-refractivity contribution < 1.29 is 9.57 Å². The summed E-state index contributed by atoms with van der Waals surface area (Å²) >= 11 is 0. The van der Waals surface area contributed by atoms with Gasteiger partial charge in [-0.15, -0.1) is 5.10 Å². The Morgan fingerprint density at radius 1 is 1.29 bits per heavy atom. The molecule has 0 spiro atoms. The highest BCUT2D eigenvalue weighted by Crippen LogP contribution is 2.21. The van der Waals surface area contributed by atoms with Crippen LogP contribution in [0.15, 0.2) is 36.9 Å². The van der Waals surface area contributed by atoms with Crippen LogP contribution in [0.1, 0.15) is 18.5 Å². The van der Waals surface area contributed by atoms with E-state index in [-0.39, 0.29) is 6.04 Å². The monoisotopic (exact) mass is 287 g/mol. The predicted molar refractivity (Wildman–Crippen MR) is 76.9 cm³/mol. The zero-order chi connectivity index (χ0) is 14.7. The van der Waals surface area contributed by atoms with Crippen LogP contribution in [0.25, 0.3) is 11.0 Å². The van der Waals surface area contributed by atoms with Gasteiger partial charge in [0.1, 0.15) is 17.6 Å². The molecule has 0 saturated carbocycles. The summed E-state index contributed by atoms with van der Waals surface area (Å²) in [5.41, 5.74) is 2.78. The highest BCUT2D eigenvalue weighted by Gasteiger charge is 2.11. The van der Waals surface area contributed by atoms with Crippen LogP contribution >= 0.6 is 0 Å². The van der Waals surface area contributed by atoms with Gasteiger partial charge in [-0.3, -0.25) is 0 Å². The minimum absolute atomic E-state index is 0.180. The lowest BCUT2D eigenvalue weighted by atomic mass is 10.1. The smallest absolute Gasteiger partial charge is 0.140 e. The van der Waals surface area contributed by atoms with Gasteiger partial charge in [-0.2, -0.15) is 0 Å². The number of rotatable bonds is 6. The molecule has 2 heterocycles. The molecule has 7 heteroatoms. The van der Waals surface area contributed by atoms with Crippen molar-refractivity contribution in [3.63, 3.8) is 0 Å². The molecular formula is C14H17N5O2. The number of ether oxygens (including phenoxy) is 1. The Balaban J connectivity index is 1.89. The predicted octanol–water partition coefficient (Wildman–Crippen LogP) is 1.31. The standard InChI is InChI=1S/C14H17N5O2/c1-11(18-6-5-15-10-18)12-3-4-13-14(9-12)19(17-16-13)21-8-7-20-2/h3-6,9-11H,7-8H2,1-2H3. The largest absolute Gasteiger partial charge is 0.393 e. The lowest BCUT2D eigenvalue weighted by molar-refractivity contribution is 0.0434. The zero-order valence-corrected chi connectivity index (χ0v) is 12.0. The van der Waals surface area contributed by atoms with Crippen molar-refractivity contribution in [2.24, 2.45) is 0 Å². The van der Waals surface area contributed by atoms with Gasteiger partial charge < -0.3 is 14.1 Å². The number of hydrogen-bond acceptors (Lipinski definition) is 5. The first kappa shape index (κ1) is 13.6. The van der Waals surface area contributed by atoms with Crippen molar-refractivity contribution >= 4 is 11.0 Å². The molecule has 0 saturated heterocycles. The molecule has 7 nitrogen and oxygen atoms in total. The normalized spacial score (nSPS) is 12.7. The third-order valence-corrected chi connectivity index (χ3v) is 3.39. The van der Waals surface area contributed by atoms with Crippen molar-refractivity contribution in [2.45, 2.75) is 13.0 Å². The van der Waals surface area contributed by atoms with Crippen LogP contribution in [-0.4, -0.2) is 45.0 Å². The molecule has 2 aromatic heterocycles. The SMILES string of the molecule is COCCOn1nnc2ccc(C(C)n3ccnc3)cc21. The molecule has 3 aromatic rings. The number of nitrogens with zero attached hydrogens (tertiary/aromatic N) is 5. The summed E-state index contributed by atoms with van der Waals surface area (Å²) in [6.07, 6.45) is 5.52. The molecule has 0 bridgehead atoms. The fourth-order valence-electron chi connectivity index (χ4n) is 2.15. The van der Waals surface area contributed by atoms with Gasteiger partial charge in [0.05, 0.1) is 19.0 Å². The van der Waals surface area contributed by atoms with E-state index < -0.39 is 0 Å². The average molecular weight is 287 g/mol. The van der Waals surface area contributed by atoms with Gasteiger partial charge >= 0.3 is 0 Å². The summed E-state index contributed by atoms with van der Waals surface area (Å²) in [5, 5.41) is 8.09. The number of fused-ring (bicyclic) bond motifs is 1. The lowest BCUT2D eigenvalue weighted by Crippen LogP contribution is -2.17. The van der Waals surface area contributed by atoms with E-state index in [9.17, 15) is 0 Å². The molecule has 1 unspecified atom stereocenters. The van der Waals surface area contributed by atoms with E-state index in [4.69, 9.17) is 9.57 Å². The van der Waals surface area contributed by atoms with Crippen LogP contribution in [0.2, 0.25) is 0 Å². The molecule has 3 rings (SSSR count). The Kier molecular flexibility index (Phi) is 3.83. The van der Waals surface area contributed by atoms with Crippen molar-refractivity contribution in [1.82, 2.24) is 24.7 Å². The van der Waals surface area contributed by atoms with E-state index >= 15 is 0 Å². The van der Waals surface area contributed by atoms with E-state index in [0.717, 1.165) is 16.6 Å². The molecule has 0 amide bonds. The van der Waals surface area contributed by atoms with Crippen LogP contribution in [0.5, 0.6) is 0 Å². The van der Waals surface area contributed by atoms with E-state index in [1.807, 2.05) is 29.0 Å². The molecular weight excluding hydrogens is 270 g/mol. The minimum Gasteiger partial charge on any atom is -0.393 e. The third kappa shape index (κ3) is 2.73. The van der Waals surface area contributed by atoms with Crippen LogP contribution in [0, 0.1) is 0 Å². The highest BCUT2D eigenvalue weighted by molar-refractivity contribution is 5.74. The Labute approximate surface area is 122 Å². The summed E-state index contributed by atoms with van der Waals surface area (Å²) in [6.45, 7) is 3.05. The summed E-state index contributed by atoms with van der Waals surface area (Å²) in [6, 6.07) is 6.20. The fraction of sp³-hybridized carbons (Fsp3) is 0.357. The molecule has 0 aliphatic carbocycles. The van der Waals surface area contributed by atoms with Gasteiger partial charge in [0.25, 0.3) is 0 Å². The molecule has 0 aliphatic rings. The molecule has 0 aliphatic heterocycles. The van der Waals surface area contributed by atoms with Gasteiger partial charge in [-0.25, -0.2) is 4.98 Å². The zero-order valence-electron chi connectivity index (χ0n) is 12.0. The van der Waals surface area contributed by atoms with E-state index in [1.165, 1.54) is 4.85 Å². The number of aromatic nitrogens is 5. The average Bonchev–Trinajstić information content (AvgIpc) is 3.16. The Hall–Kier alpha value is -2.41. The maximum absolute atomic E-state index is 5.52. The molecule has 0 N–H and O–H groups in total. The number of hydrogen-bond donors (Lipinski definition) is 0. The molecule has 110 valence electrons. The van der Waals surface area contributed by atoms with Gasteiger partial charge in [0.2, 0.25) is 0 Å². The summed E-state index contributed by atoms with van der Waals surface area (Å²) in [7, 11) is 1.63. The lowest BCUT2D eigenvalue weighted by Gasteiger charge is -2.13. The second kappa shape index (κ2) is 5.92. The number of imidazole rings is 1. The highest BCUT2D eigenvalue weighted by atomic mass is 16.7. The maximum atomic E-state index is 5.52. The Morgan fingerprint density at radius 3 is 2.95 bits per heavy atom. The van der Waals surface area contributed by atoms with Crippen LogP contribution in [-0.2, 0) is 4.74 Å². The number of benzene rings is 1. The Morgan fingerprint density at radius 2 is 2.19 bits per heavy atom. The topological polar surface area (TPSA) is 67.0 Å². The second-order valence-corrected chi connectivity index (χ2v) is 4.72. The van der Waals surface area contributed by atoms with Gasteiger partial charge in [0, 0.05) is 19.5 Å². The number of methoxy groups -OCH3 is 1. The Bertz CT molecular complexity index is 707. The summed E-state index contributed by atoms with van der Waals surface area (Å²) < 4.78 is 7.01. The first-order valence-corrected chi connectivity index (χ1v) is 6.74. The van der Waals surface area contributed by atoms with Crippen molar-refractivity contribution in [1.29, 1.82) is 0 Å². The maximum Gasteiger partial charge on any atom is 0.140 e. The molecule has 1 atom stereocenters. The first-order chi connectivity index (χ1) is 10.3. The minimum atomic E-state index is 0.180. The summed E-state index contributed by atoms with van der Waals surface area (Å²) in [4.78, 5) is 11.1. The van der Waals surface area contributed by atoms with Crippen molar-refractivity contribution in [2.75, 3.05) is 20.3 Å². The van der Waals surface area contributed by atoms with Crippen molar-refractivity contribution in [3.8, 4) is 0 Å². The molecule has 0 radical (unpaired) electrons.